The average Bonchev–Trinajstić information content (AvgIpc) is 2.56. The Morgan fingerprint density at radius 3 is 2.14 bits per heavy atom. The van der Waals surface area contributed by atoms with E-state index in [9.17, 15) is 15.0 Å². The van der Waals surface area contributed by atoms with E-state index in [1.807, 2.05) is 13.8 Å². The molecule has 7 unspecified atom stereocenters. The van der Waals surface area contributed by atoms with E-state index in [4.69, 9.17) is 0 Å². The molecule has 0 aromatic heterocycles. The summed E-state index contributed by atoms with van der Waals surface area (Å²) in [6.45, 7) is 15.2. The fourth-order valence-corrected chi connectivity index (χ4v) is 8.41. The lowest BCUT2D eigenvalue weighted by Crippen LogP contribution is -2.64. The van der Waals surface area contributed by atoms with Gasteiger partial charge < -0.3 is 10.2 Å². The summed E-state index contributed by atoms with van der Waals surface area (Å²) in [6.07, 6.45) is 9.59. The molecule has 0 aliphatic heterocycles. The predicted molar refractivity (Wildman–Crippen MR) is 118 cm³/mol. The van der Waals surface area contributed by atoms with Crippen LogP contribution in [0.3, 0.4) is 0 Å². The highest BCUT2D eigenvalue weighted by molar-refractivity contribution is 5.87. The summed E-state index contributed by atoms with van der Waals surface area (Å²) in [6, 6.07) is 0. The second-order valence-electron chi connectivity index (χ2n) is 12.1. The molecule has 7 atom stereocenters. The van der Waals surface area contributed by atoms with Gasteiger partial charge in [-0.2, -0.15) is 0 Å². The van der Waals surface area contributed by atoms with Crippen LogP contribution in [0.2, 0.25) is 0 Å². The van der Waals surface area contributed by atoms with Crippen LogP contribution in [0, 0.1) is 34.0 Å². The topological polar surface area (TPSA) is 57.5 Å². The van der Waals surface area contributed by atoms with E-state index >= 15 is 0 Å². The number of allylic oxidation sites excluding steroid dienone is 2. The first-order valence-electron chi connectivity index (χ1n) is 11.8. The average molecular weight is 405 g/mol. The molecule has 0 aromatic carbocycles. The largest absolute Gasteiger partial charge is 0.393 e. The van der Waals surface area contributed by atoms with E-state index in [-0.39, 0.29) is 34.1 Å². The number of aliphatic hydroxyl groups is 2. The highest BCUT2D eigenvalue weighted by Gasteiger charge is 2.64. The predicted octanol–water partition coefficient (Wildman–Crippen LogP) is 5.68. The molecule has 3 nitrogen and oxygen atoms in total. The highest BCUT2D eigenvalue weighted by Crippen LogP contribution is 2.70. The Bertz CT molecular complexity index is 675. The standard InChI is InChI=1S/C26H44O3/c1-17(16-18(2)27)8-9-21-25(6)13-10-19-23(3,4)22(28)12-14-24(19,5)20(25)11-15-26(21,7)29/h16,19-22,28-29H,8-15H2,1-7H3/b17-16+. The first-order chi connectivity index (χ1) is 13.2. The maximum absolute atomic E-state index is 11.5. The SMILES string of the molecule is CC(=O)/C=C(\C)CCC1C(C)(O)CCC2C1(C)CCC1C(C)(C)C(O)CCC12C. The third-order valence-corrected chi connectivity index (χ3v) is 9.84. The molecular weight excluding hydrogens is 360 g/mol. The smallest absolute Gasteiger partial charge is 0.152 e. The second kappa shape index (κ2) is 7.48. The maximum atomic E-state index is 11.5. The maximum Gasteiger partial charge on any atom is 0.152 e. The van der Waals surface area contributed by atoms with Crippen LogP contribution in [0.15, 0.2) is 11.6 Å². The molecule has 0 saturated heterocycles. The zero-order chi connectivity index (χ0) is 21.8. The molecular formula is C26H44O3. The van der Waals surface area contributed by atoms with Crippen molar-refractivity contribution in [2.24, 2.45) is 34.0 Å². The lowest BCUT2D eigenvalue weighted by molar-refractivity contribution is -0.226. The summed E-state index contributed by atoms with van der Waals surface area (Å²) in [5.41, 5.74) is 0.788. The van der Waals surface area contributed by atoms with Crippen molar-refractivity contribution in [3.05, 3.63) is 11.6 Å². The Morgan fingerprint density at radius 2 is 1.52 bits per heavy atom. The third kappa shape index (κ3) is 3.76. The first kappa shape index (κ1) is 23.0. The minimum atomic E-state index is -0.644. The monoisotopic (exact) mass is 404 g/mol. The van der Waals surface area contributed by atoms with Crippen LogP contribution >= 0.6 is 0 Å². The van der Waals surface area contributed by atoms with E-state index in [0.717, 1.165) is 56.9 Å². The van der Waals surface area contributed by atoms with Gasteiger partial charge in [0.15, 0.2) is 5.78 Å². The Labute approximate surface area is 178 Å². The molecule has 29 heavy (non-hydrogen) atoms. The van der Waals surface area contributed by atoms with Gasteiger partial charge in [0.25, 0.3) is 0 Å². The van der Waals surface area contributed by atoms with Crippen LogP contribution in [0.5, 0.6) is 0 Å². The molecule has 0 aromatic rings. The molecule has 166 valence electrons. The minimum absolute atomic E-state index is 0.0371. The van der Waals surface area contributed by atoms with Gasteiger partial charge in [-0.15, -0.1) is 0 Å². The molecule has 3 rings (SSSR count). The van der Waals surface area contributed by atoms with Crippen molar-refractivity contribution >= 4 is 5.78 Å². The summed E-state index contributed by atoms with van der Waals surface area (Å²) in [4.78, 5) is 11.5. The van der Waals surface area contributed by atoms with Crippen LogP contribution in [-0.2, 0) is 4.79 Å². The highest BCUT2D eigenvalue weighted by atomic mass is 16.3. The Morgan fingerprint density at radius 1 is 0.931 bits per heavy atom. The molecule has 0 amide bonds. The Hall–Kier alpha value is -0.670. The van der Waals surface area contributed by atoms with Crippen molar-refractivity contribution in [3.8, 4) is 0 Å². The number of ketones is 1. The molecule has 2 N–H and O–H groups in total. The fourth-order valence-electron chi connectivity index (χ4n) is 8.41. The van der Waals surface area contributed by atoms with Gasteiger partial charge in [0, 0.05) is 0 Å². The summed E-state index contributed by atoms with van der Waals surface area (Å²) >= 11 is 0. The number of hydrogen-bond donors (Lipinski definition) is 2. The van der Waals surface area contributed by atoms with Crippen molar-refractivity contribution in [1.82, 2.24) is 0 Å². The molecule has 3 aliphatic rings. The van der Waals surface area contributed by atoms with Crippen molar-refractivity contribution in [3.63, 3.8) is 0 Å². The zero-order valence-corrected chi connectivity index (χ0v) is 19.8. The molecule has 3 heteroatoms. The van der Waals surface area contributed by atoms with Gasteiger partial charge in [0.1, 0.15) is 0 Å². The van der Waals surface area contributed by atoms with Crippen LogP contribution < -0.4 is 0 Å². The van der Waals surface area contributed by atoms with Crippen molar-refractivity contribution in [1.29, 1.82) is 0 Å². The third-order valence-electron chi connectivity index (χ3n) is 9.84. The fraction of sp³-hybridized carbons (Fsp3) is 0.885. The number of carbonyl (C=O) groups is 1. The first-order valence-corrected chi connectivity index (χ1v) is 11.8. The van der Waals surface area contributed by atoms with Gasteiger partial charge in [-0.05, 0) is 112 Å². The van der Waals surface area contributed by atoms with E-state index in [1.165, 1.54) is 0 Å². The van der Waals surface area contributed by atoms with Gasteiger partial charge in [0.05, 0.1) is 11.7 Å². The van der Waals surface area contributed by atoms with Crippen LogP contribution in [0.4, 0.5) is 0 Å². The number of aliphatic hydroxyl groups excluding tert-OH is 1. The van der Waals surface area contributed by atoms with Crippen molar-refractivity contribution in [2.75, 3.05) is 0 Å². The quantitative estimate of drug-likeness (QED) is 0.592. The van der Waals surface area contributed by atoms with Gasteiger partial charge in [-0.25, -0.2) is 0 Å². The van der Waals surface area contributed by atoms with Crippen molar-refractivity contribution in [2.45, 2.75) is 112 Å². The summed E-state index contributed by atoms with van der Waals surface area (Å²) in [5, 5.41) is 22.2. The molecule has 3 fully saturated rings. The molecule has 0 bridgehead atoms. The summed E-state index contributed by atoms with van der Waals surface area (Å²) in [5.74, 6) is 1.48. The molecule has 3 aliphatic carbocycles. The van der Waals surface area contributed by atoms with Crippen LogP contribution in [-0.4, -0.2) is 27.7 Å². The zero-order valence-electron chi connectivity index (χ0n) is 19.8. The normalized spacial score (nSPS) is 47.3. The van der Waals surface area contributed by atoms with E-state index < -0.39 is 5.60 Å². The molecule has 3 saturated carbocycles. The minimum Gasteiger partial charge on any atom is -0.393 e. The van der Waals surface area contributed by atoms with Crippen LogP contribution in [0.25, 0.3) is 0 Å². The van der Waals surface area contributed by atoms with Gasteiger partial charge in [-0.3, -0.25) is 4.79 Å². The van der Waals surface area contributed by atoms with Gasteiger partial charge in [-0.1, -0.05) is 33.3 Å². The molecule has 0 spiro atoms. The number of rotatable bonds is 4. The second-order valence-corrected chi connectivity index (χ2v) is 12.1. The van der Waals surface area contributed by atoms with Crippen molar-refractivity contribution < 1.29 is 15.0 Å². The van der Waals surface area contributed by atoms with E-state index in [0.29, 0.717) is 11.8 Å². The molecule has 0 heterocycles. The van der Waals surface area contributed by atoms with Gasteiger partial charge >= 0.3 is 0 Å². The van der Waals surface area contributed by atoms with Crippen LogP contribution in [0.1, 0.15) is 99.8 Å². The summed E-state index contributed by atoms with van der Waals surface area (Å²) < 4.78 is 0. The lowest BCUT2D eigenvalue weighted by atomic mass is 9.37. The molecule has 0 radical (unpaired) electrons. The van der Waals surface area contributed by atoms with E-state index in [2.05, 4.69) is 27.7 Å². The number of hydrogen-bond acceptors (Lipinski definition) is 3. The number of carbonyl (C=O) groups excluding carboxylic acids is 1. The summed E-state index contributed by atoms with van der Waals surface area (Å²) in [7, 11) is 0. The lowest BCUT2D eigenvalue weighted by Gasteiger charge is -2.68. The van der Waals surface area contributed by atoms with Gasteiger partial charge in [0.2, 0.25) is 0 Å². The Kier molecular flexibility index (Phi) is 5.93. The number of fused-ring (bicyclic) bond motifs is 3. The Balaban J connectivity index is 1.92. The van der Waals surface area contributed by atoms with E-state index in [1.54, 1.807) is 13.0 Å².